The molecule has 18 heteroatoms. The molecule has 0 radical (unpaired) electrons. The molecule has 2 aromatic heterocycles. The van der Waals surface area contributed by atoms with Gasteiger partial charge in [-0.1, -0.05) is 34.7 Å². The number of hydrogen-bond acceptors (Lipinski definition) is 18. The number of aliphatic hydroxyl groups excluding tert-OH is 4. The highest BCUT2D eigenvalue weighted by Gasteiger charge is 2.23. The van der Waals surface area contributed by atoms with Crippen LogP contribution in [-0.4, -0.2) is 107 Å². The van der Waals surface area contributed by atoms with E-state index in [-0.39, 0.29) is 87.4 Å². The topological polar surface area (TPSA) is 218 Å². The summed E-state index contributed by atoms with van der Waals surface area (Å²) in [6.07, 6.45) is 0. The number of nitrogens with one attached hydrogen (secondary N) is 2. The third kappa shape index (κ3) is 10.2. The number of hydrogen-bond donors (Lipinski definition) is 6. The summed E-state index contributed by atoms with van der Waals surface area (Å²) in [7, 11) is 3.17. The molecule has 0 aliphatic carbocycles. The van der Waals surface area contributed by atoms with Gasteiger partial charge in [0.05, 0.1) is 40.6 Å². The van der Waals surface area contributed by atoms with Gasteiger partial charge in [0.25, 0.3) is 11.9 Å². The number of fused-ring (bicyclic) bond motifs is 1. The highest BCUT2D eigenvalue weighted by Crippen LogP contribution is 2.30. The van der Waals surface area contributed by atoms with Crippen LogP contribution >= 0.6 is 0 Å². The Balaban J connectivity index is 1.85. The minimum absolute atomic E-state index is 0.0876. The molecule has 18 nitrogen and oxygen atoms in total. The van der Waals surface area contributed by atoms with E-state index in [9.17, 15) is 20.4 Å². The second-order valence-corrected chi connectivity index (χ2v) is 9.59. The maximum atomic E-state index is 9.41. The van der Waals surface area contributed by atoms with Crippen LogP contribution in [0.5, 0.6) is 11.5 Å². The van der Waals surface area contributed by atoms with Crippen molar-refractivity contribution in [1.82, 2.24) is 19.9 Å². The number of methoxy groups -OCH3 is 2. The van der Waals surface area contributed by atoms with Crippen molar-refractivity contribution < 1.29 is 49.3 Å². The Morgan fingerprint density at radius 3 is 1.15 bits per heavy atom. The molecule has 0 saturated heterocycles. The van der Waals surface area contributed by atoms with E-state index in [1.165, 1.54) is 0 Å². The van der Waals surface area contributed by atoms with Crippen LogP contribution in [0.1, 0.15) is 11.1 Å². The minimum Gasteiger partial charge on any atom is -0.497 e. The molecule has 0 amide bonds. The van der Waals surface area contributed by atoms with Crippen molar-refractivity contribution in [2.45, 2.75) is 13.1 Å². The van der Waals surface area contributed by atoms with Crippen molar-refractivity contribution in [2.24, 2.45) is 0 Å². The van der Waals surface area contributed by atoms with Crippen LogP contribution in [-0.2, 0) is 32.4 Å². The number of rotatable bonds is 22. The molecular formula is C30H40N8O10. The third-order valence-corrected chi connectivity index (χ3v) is 6.28. The van der Waals surface area contributed by atoms with Gasteiger partial charge in [0, 0.05) is 13.1 Å². The van der Waals surface area contributed by atoms with Crippen molar-refractivity contribution in [1.29, 1.82) is 0 Å². The lowest BCUT2D eigenvalue weighted by atomic mass is 10.2. The number of benzene rings is 2. The molecular weight excluding hydrogens is 632 g/mol. The van der Waals surface area contributed by atoms with E-state index in [0.717, 1.165) is 21.6 Å². The lowest BCUT2D eigenvalue weighted by molar-refractivity contribution is -0.106. The van der Waals surface area contributed by atoms with Gasteiger partial charge in [-0.3, -0.25) is 0 Å². The normalized spacial score (nSPS) is 11.0. The van der Waals surface area contributed by atoms with E-state index in [1.54, 1.807) is 14.2 Å². The van der Waals surface area contributed by atoms with E-state index in [0.29, 0.717) is 24.6 Å². The number of nitrogens with zero attached hydrogens (tertiary/aromatic N) is 6. The second kappa shape index (κ2) is 19.2. The molecule has 48 heavy (non-hydrogen) atoms. The summed E-state index contributed by atoms with van der Waals surface area (Å²) in [5.41, 5.74) is 2.23. The van der Waals surface area contributed by atoms with Crippen LogP contribution in [0.15, 0.2) is 48.5 Å². The molecule has 6 N–H and O–H groups in total. The summed E-state index contributed by atoms with van der Waals surface area (Å²) in [6.45, 7) is -1.33. The Bertz CT molecular complexity index is 1400. The largest absolute Gasteiger partial charge is 0.497 e. The first kappa shape index (κ1) is 36.2. The molecule has 0 spiro atoms. The Hall–Kier alpha value is -4.66. The molecule has 2 heterocycles. The minimum atomic E-state index is -0.326. The fourth-order valence-corrected chi connectivity index (χ4v) is 4.06. The van der Waals surface area contributed by atoms with Crippen LogP contribution in [0.2, 0.25) is 0 Å². The first-order chi connectivity index (χ1) is 23.5. The molecule has 0 atom stereocenters. The van der Waals surface area contributed by atoms with E-state index in [1.807, 2.05) is 48.5 Å². The van der Waals surface area contributed by atoms with Crippen molar-refractivity contribution in [2.75, 3.05) is 88.2 Å². The highest BCUT2D eigenvalue weighted by molar-refractivity contribution is 5.94. The smallest absolute Gasteiger partial charge is 0.280 e. The zero-order valence-corrected chi connectivity index (χ0v) is 26.6. The molecule has 0 saturated carbocycles. The van der Waals surface area contributed by atoms with E-state index >= 15 is 0 Å². The third-order valence-electron chi connectivity index (χ3n) is 6.28. The fraction of sp³-hybridized carbons (Fsp3) is 0.400. The van der Waals surface area contributed by atoms with Crippen LogP contribution in [0.4, 0.5) is 23.5 Å². The lowest BCUT2D eigenvalue weighted by Crippen LogP contribution is -2.30. The first-order valence-electron chi connectivity index (χ1n) is 14.9. The Morgan fingerprint density at radius 2 is 0.854 bits per heavy atom. The molecule has 0 fully saturated rings. The van der Waals surface area contributed by atoms with Crippen molar-refractivity contribution >= 4 is 34.6 Å². The Morgan fingerprint density at radius 1 is 0.521 bits per heavy atom. The number of aromatic nitrogens is 4. The zero-order chi connectivity index (χ0) is 34.1. The van der Waals surface area contributed by atoms with Gasteiger partial charge >= 0.3 is 0 Å². The molecule has 0 aliphatic heterocycles. The molecule has 4 rings (SSSR count). The van der Waals surface area contributed by atoms with E-state index in [2.05, 4.69) is 30.6 Å². The summed E-state index contributed by atoms with van der Waals surface area (Å²) < 4.78 is 10.5. The number of aliphatic hydroxyl groups is 4. The van der Waals surface area contributed by atoms with Crippen molar-refractivity contribution in [3.63, 3.8) is 0 Å². The summed E-state index contributed by atoms with van der Waals surface area (Å²) in [6, 6.07) is 14.8. The molecule has 0 bridgehead atoms. The molecule has 4 aromatic rings. The van der Waals surface area contributed by atoms with Gasteiger partial charge in [0.2, 0.25) is 0 Å². The van der Waals surface area contributed by atoms with Crippen LogP contribution in [0, 0.1) is 0 Å². The molecule has 2 aromatic carbocycles. The predicted octanol–water partition coefficient (Wildman–Crippen LogP) is 0.970. The summed E-state index contributed by atoms with van der Waals surface area (Å²) >= 11 is 0. The molecule has 0 unspecified atom stereocenters. The zero-order valence-electron chi connectivity index (χ0n) is 26.6. The Labute approximate surface area is 276 Å². The van der Waals surface area contributed by atoms with Crippen LogP contribution in [0.25, 0.3) is 11.0 Å². The van der Waals surface area contributed by atoms with Crippen LogP contribution in [0.3, 0.4) is 0 Å². The maximum absolute atomic E-state index is 9.41. The number of ether oxygens (including phenoxy) is 2. The number of anilines is 4. The standard InChI is InChI=1S/C30H40N8O10/c1-43-23-7-3-21(4-8-23)19-31-27-25-26(34-29(35-27)37(45-15-11-39)46-16-12-40)28(32-20-22-5-9-24(44-2)10-6-22)36-30(33-25)38(47-17-13-41)48-18-14-42/h3-10,39-42H,11-20H2,1-2H3,(H,31,34,35)(H,32,33,36). The summed E-state index contributed by atoms with van der Waals surface area (Å²) in [5.74, 6) is 1.66. The highest BCUT2D eigenvalue weighted by atomic mass is 17.0. The van der Waals surface area contributed by atoms with Crippen molar-refractivity contribution in [3.8, 4) is 11.5 Å². The van der Waals surface area contributed by atoms with E-state index in [4.69, 9.17) is 28.8 Å². The second-order valence-electron chi connectivity index (χ2n) is 9.59. The summed E-state index contributed by atoms with van der Waals surface area (Å²) in [4.78, 5) is 40.6. The SMILES string of the molecule is COc1ccc(CNc2nc(N(OCCO)OCCO)nc3c(NCc4ccc(OC)cc4)nc(N(OCCO)OCCO)nc23)cc1. The van der Waals surface area contributed by atoms with Crippen molar-refractivity contribution in [3.05, 3.63) is 59.7 Å². The van der Waals surface area contributed by atoms with Gasteiger partial charge < -0.3 is 40.5 Å². The van der Waals surface area contributed by atoms with Gasteiger partial charge in [-0.05, 0) is 35.4 Å². The first-order valence-corrected chi connectivity index (χ1v) is 14.9. The van der Waals surface area contributed by atoms with Gasteiger partial charge in [0.1, 0.15) is 49.0 Å². The average Bonchev–Trinajstić information content (AvgIpc) is 3.13. The summed E-state index contributed by atoms with van der Waals surface area (Å²) in [5, 5.41) is 46.0. The lowest BCUT2D eigenvalue weighted by Gasteiger charge is -2.23. The Kier molecular flexibility index (Phi) is 14.5. The quantitative estimate of drug-likeness (QED) is 0.0641. The monoisotopic (exact) mass is 672 g/mol. The van der Waals surface area contributed by atoms with Gasteiger partial charge in [-0.25, -0.2) is 29.3 Å². The molecule has 260 valence electrons. The molecule has 0 aliphatic rings. The van der Waals surface area contributed by atoms with Gasteiger partial charge in [-0.15, -0.1) is 0 Å². The van der Waals surface area contributed by atoms with Gasteiger partial charge in [-0.2, -0.15) is 9.97 Å². The van der Waals surface area contributed by atoms with Crippen LogP contribution < -0.4 is 30.6 Å². The fourth-order valence-electron chi connectivity index (χ4n) is 4.06. The average molecular weight is 673 g/mol. The van der Waals surface area contributed by atoms with E-state index < -0.39 is 0 Å². The van der Waals surface area contributed by atoms with Gasteiger partial charge in [0.15, 0.2) is 11.6 Å². The maximum Gasteiger partial charge on any atom is 0.280 e. The predicted molar refractivity (Wildman–Crippen MR) is 173 cm³/mol.